The average Bonchev–Trinajstić information content (AvgIpc) is 2.37. The first-order valence-electron chi connectivity index (χ1n) is 6.29. The number of nitrogens with one attached hydrogen (secondary N) is 1. The third-order valence-electron chi connectivity index (χ3n) is 2.58. The molecule has 1 N–H and O–H groups in total. The molecule has 0 saturated heterocycles. The average molecular weight is 249 g/mol. The van der Waals surface area contributed by atoms with Crippen LogP contribution in [0.4, 0.5) is 0 Å². The van der Waals surface area contributed by atoms with Crippen LogP contribution in [0.1, 0.15) is 25.8 Å². The highest BCUT2D eigenvalue weighted by Crippen LogP contribution is 2.27. The number of methoxy groups -OCH3 is 2. The van der Waals surface area contributed by atoms with E-state index in [9.17, 15) is 0 Å². The van der Waals surface area contributed by atoms with E-state index in [1.54, 1.807) is 14.2 Å². The van der Waals surface area contributed by atoms with E-state index in [-0.39, 0.29) is 0 Å². The number of ether oxygens (including phenoxy) is 2. The first kappa shape index (κ1) is 14.6. The van der Waals surface area contributed by atoms with Crippen molar-refractivity contribution in [2.45, 2.75) is 26.3 Å². The molecule has 0 amide bonds. The van der Waals surface area contributed by atoms with Crippen molar-refractivity contribution in [3.63, 3.8) is 0 Å². The summed E-state index contributed by atoms with van der Waals surface area (Å²) in [7, 11) is 3.29. The van der Waals surface area contributed by atoms with Gasteiger partial charge in [-0.3, -0.25) is 0 Å². The van der Waals surface area contributed by atoms with Crippen LogP contribution in [0.2, 0.25) is 0 Å². The van der Waals surface area contributed by atoms with Gasteiger partial charge >= 0.3 is 0 Å². The maximum absolute atomic E-state index is 5.26. The van der Waals surface area contributed by atoms with Crippen LogP contribution in [-0.4, -0.2) is 26.8 Å². The zero-order valence-electron chi connectivity index (χ0n) is 11.7. The highest BCUT2D eigenvalue weighted by Gasteiger charge is 2.02. The third-order valence-corrected chi connectivity index (χ3v) is 2.58. The van der Waals surface area contributed by atoms with Gasteiger partial charge in [0.1, 0.15) is 0 Å². The Morgan fingerprint density at radius 3 is 2.50 bits per heavy atom. The van der Waals surface area contributed by atoms with Gasteiger partial charge in [0, 0.05) is 6.04 Å². The molecule has 0 unspecified atom stereocenters. The molecule has 0 saturated carbocycles. The minimum absolute atomic E-state index is 0.541. The summed E-state index contributed by atoms with van der Waals surface area (Å²) in [5.74, 6) is 1.52. The van der Waals surface area contributed by atoms with Gasteiger partial charge in [0.05, 0.1) is 14.2 Å². The topological polar surface area (TPSA) is 30.5 Å². The molecule has 1 rings (SSSR count). The predicted octanol–water partition coefficient (Wildman–Crippen LogP) is 3.11. The van der Waals surface area contributed by atoms with Crippen LogP contribution < -0.4 is 14.8 Å². The van der Waals surface area contributed by atoms with Crippen LogP contribution in [0, 0.1) is 0 Å². The van der Waals surface area contributed by atoms with Crippen molar-refractivity contribution < 1.29 is 9.47 Å². The molecule has 0 aromatic heterocycles. The largest absolute Gasteiger partial charge is 0.493 e. The number of hydrogen-bond donors (Lipinski definition) is 1. The first-order valence-corrected chi connectivity index (χ1v) is 6.29. The Morgan fingerprint density at radius 1 is 1.17 bits per heavy atom. The predicted molar refractivity (Wildman–Crippen MR) is 76.3 cm³/mol. The van der Waals surface area contributed by atoms with Gasteiger partial charge in [-0.1, -0.05) is 32.1 Å². The van der Waals surface area contributed by atoms with Crippen molar-refractivity contribution in [3.05, 3.63) is 29.8 Å². The standard InChI is InChI=1S/C15H23NO2/c1-12(2)16-10-6-5-7-13-8-9-14(17-3)15(11-13)18-4/h5,7-9,11-12,16H,6,10H2,1-4H3. The minimum atomic E-state index is 0.541. The molecule has 3 nitrogen and oxygen atoms in total. The molecular weight excluding hydrogens is 226 g/mol. The fourth-order valence-corrected chi connectivity index (χ4v) is 1.63. The second-order valence-corrected chi connectivity index (χ2v) is 4.41. The lowest BCUT2D eigenvalue weighted by molar-refractivity contribution is 0.355. The Balaban J connectivity index is 2.54. The number of rotatable bonds is 7. The zero-order valence-corrected chi connectivity index (χ0v) is 11.7. The highest BCUT2D eigenvalue weighted by atomic mass is 16.5. The summed E-state index contributed by atoms with van der Waals surface area (Å²) in [5, 5.41) is 3.38. The molecule has 0 aliphatic heterocycles. The summed E-state index contributed by atoms with van der Waals surface area (Å²) in [6.45, 7) is 5.30. The van der Waals surface area contributed by atoms with Crippen LogP contribution in [0.3, 0.4) is 0 Å². The molecule has 0 heterocycles. The van der Waals surface area contributed by atoms with Crippen LogP contribution >= 0.6 is 0 Å². The molecule has 1 aromatic rings. The van der Waals surface area contributed by atoms with Gasteiger partial charge in [-0.2, -0.15) is 0 Å². The van der Waals surface area contributed by atoms with Gasteiger partial charge < -0.3 is 14.8 Å². The van der Waals surface area contributed by atoms with E-state index in [1.807, 2.05) is 18.2 Å². The summed E-state index contributed by atoms with van der Waals surface area (Å²) in [6, 6.07) is 6.46. The molecule has 0 aliphatic rings. The number of hydrogen-bond acceptors (Lipinski definition) is 3. The van der Waals surface area contributed by atoms with E-state index >= 15 is 0 Å². The van der Waals surface area contributed by atoms with Gasteiger partial charge in [-0.15, -0.1) is 0 Å². The second kappa shape index (κ2) is 7.77. The smallest absolute Gasteiger partial charge is 0.161 e. The molecule has 18 heavy (non-hydrogen) atoms. The summed E-state index contributed by atoms with van der Waals surface area (Å²) in [5.41, 5.74) is 1.12. The lowest BCUT2D eigenvalue weighted by Crippen LogP contribution is -2.23. The molecule has 0 spiro atoms. The summed E-state index contributed by atoms with van der Waals surface area (Å²) >= 11 is 0. The quantitative estimate of drug-likeness (QED) is 0.753. The van der Waals surface area contributed by atoms with Gasteiger partial charge in [-0.05, 0) is 30.7 Å². The third kappa shape index (κ3) is 4.80. The van der Waals surface area contributed by atoms with E-state index < -0.39 is 0 Å². The SMILES string of the molecule is COc1ccc(C=CCCNC(C)C)cc1OC. The molecule has 0 aliphatic carbocycles. The fourth-order valence-electron chi connectivity index (χ4n) is 1.63. The summed E-state index contributed by atoms with van der Waals surface area (Å²) < 4.78 is 10.5. The Morgan fingerprint density at radius 2 is 1.89 bits per heavy atom. The fraction of sp³-hybridized carbons (Fsp3) is 0.467. The number of benzene rings is 1. The van der Waals surface area contributed by atoms with Crippen molar-refractivity contribution in [3.8, 4) is 11.5 Å². The maximum atomic E-state index is 5.26. The minimum Gasteiger partial charge on any atom is -0.493 e. The first-order chi connectivity index (χ1) is 8.67. The van der Waals surface area contributed by atoms with Gasteiger partial charge in [0.25, 0.3) is 0 Å². The van der Waals surface area contributed by atoms with E-state index in [1.165, 1.54) is 0 Å². The molecule has 0 radical (unpaired) electrons. The Bertz CT molecular complexity index is 386. The molecule has 1 aromatic carbocycles. The molecule has 100 valence electrons. The molecule has 0 bridgehead atoms. The second-order valence-electron chi connectivity index (χ2n) is 4.41. The monoisotopic (exact) mass is 249 g/mol. The molecule has 0 atom stereocenters. The lowest BCUT2D eigenvalue weighted by atomic mass is 10.1. The van der Waals surface area contributed by atoms with Crippen LogP contribution in [-0.2, 0) is 0 Å². The van der Waals surface area contributed by atoms with E-state index in [0.717, 1.165) is 30.0 Å². The van der Waals surface area contributed by atoms with Gasteiger partial charge in [-0.25, -0.2) is 0 Å². The van der Waals surface area contributed by atoms with Crippen molar-refractivity contribution >= 4 is 6.08 Å². The maximum Gasteiger partial charge on any atom is 0.161 e. The van der Waals surface area contributed by atoms with Crippen LogP contribution in [0.5, 0.6) is 11.5 Å². The van der Waals surface area contributed by atoms with E-state index in [4.69, 9.17) is 9.47 Å². The van der Waals surface area contributed by atoms with Crippen LogP contribution in [0.25, 0.3) is 6.08 Å². The van der Waals surface area contributed by atoms with Crippen molar-refractivity contribution in [2.75, 3.05) is 20.8 Å². The summed E-state index contributed by atoms with van der Waals surface area (Å²) in [4.78, 5) is 0. The lowest BCUT2D eigenvalue weighted by Gasteiger charge is -2.07. The van der Waals surface area contributed by atoms with Gasteiger partial charge in [0.2, 0.25) is 0 Å². The van der Waals surface area contributed by atoms with Crippen molar-refractivity contribution in [1.82, 2.24) is 5.32 Å². The zero-order chi connectivity index (χ0) is 13.4. The highest BCUT2D eigenvalue weighted by molar-refractivity contribution is 5.55. The van der Waals surface area contributed by atoms with E-state index in [0.29, 0.717) is 6.04 Å². The molecular formula is C15H23NO2. The Labute approximate surface area is 110 Å². The summed E-state index contributed by atoms with van der Waals surface area (Å²) in [6.07, 6.45) is 5.28. The van der Waals surface area contributed by atoms with Crippen LogP contribution in [0.15, 0.2) is 24.3 Å². The Kier molecular flexibility index (Phi) is 6.29. The van der Waals surface area contributed by atoms with Gasteiger partial charge in [0.15, 0.2) is 11.5 Å². The molecule has 3 heteroatoms. The van der Waals surface area contributed by atoms with Crippen molar-refractivity contribution in [2.24, 2.45) is 0 Å². The van der Waals surface area contributed by atoms with E-state index in [2.05, 4.69) is 31.3 Å². The molecule has 0 fully saturated rings. The normalized spacial score (nSPS) is 11.2. The Hall–Kier alpha value is -1.48. The van der Waals surface area contributed by atoms with Crippen molar-refractivity contribution in [1.29, 1.82) is 0 Å².